The Labute approximate surface area is 412 Å². The molecule has 0 aromatic heterocycles. The van der Waals surface area contributed by atoms with Gasteiger partial charge in [0, 0.05) is 19.3 Å². The topological polar surface area (TPSA) is 78.9 Å². The van der Waals surface area contributed by atoms with E-state index in [0.29, 0.717) is 19.3 Å². The maximum atomic E-state index is 12.8. The molecule has 0 rings (SSSR count). The first-order chi connectivity index (χ1) is 33.0. The third kappa shape index (κ3) is 52.9. The summed E-state index contributed by atoms with van der Waals surface area (Å²) in [4.78, 5) is 38.1. The average Bonchev–Trinajstić information content (AvgIpc) is 3.33. The van der Waals surface area contributed by atoms with E-state index in [2.05, 4.69) is 130 Å². The van der Waals surface area contributed by atoms with Gasteiger partial charge in [-0.25, -0.2) is 0 Å². The molecule has 0 radical (unpaired) electrons. The Morgan fingerprint density at radius 3 is 0.925 bits per heavy atom. The lowest BCUT2D eigenvalue weighted by molar-refractivity contribution is -0.167. The molecule has 0 heterocycles. The Bertz CT molecular complexity index is 1390. The fourth-order valence-corrected chi connectivity index (χ4v) is 7.17. The Morgan fingerprint density at radius 1 is 0.313 bits per heavy atom. The molecule has 0 aromatic carbocycles. The van der Waals surface area contributed by atoms with Gasteiger partial charge < -0.3 is 14.2 Å². The van der Waals surface area contributed by atoms with Crippen molar-refractivity contribution in [3.8, 4) is 0 Å². The largest absolute Gasteiger partial charge is 0.462 e. The molecule has 0 saturated carbocycles. The van der Waals surface area contributed by atoms with E-state index in [4.69, 9.17) is 14.2 Å². The van der Waals surface area contributed by atoms with Crippen LogP contribution in [0.15, 0.2) is 109 Å². The highest BCUT2D eigenvalue weighted by molar-refractivity contribution is 5.71. The van der Waals surface area contributed by atoms with Crippen LogP contribution in [0.2, 0.25) is 0 Å². The molecule has 1 atom stereocenters. The van der Waals surface area contributed by atoms with Crippen molar-refractivity contribution >= 4 is 17.9 Å². The first kappa shape index (κ1) is 63.1. The van der Waals surface area contributed by atoms with Crippen LogP contribution in [0.3, 0.4) is 0 Å². The first-order valence-electron chi connectivity index (χ1n) is 27.4. The molecule has 380 valence electrons. The molecule has 6 heteroatoms. The summed E-state index contributed by atoms with van der Waals surface area (Å²) in [5.41, 5.74) is 0. The van der Waals surface area contributed by atoms with E-state index < -0.39 is 6.10 Å². The monoisotopic (exact) mass is 929 g/mol. The number of carbonyl (C=O) groups excluding carboxylic acids is 3. The van der Waals surface area contributed by atoms with E-state index >= 15 is 0 Å². The fourth-order valence-electron chi connectivity index (χ4n) is 7.17. The Morgan fingerprint density at radius 2 is 0.582 bits per heavy atom. The highest BCUT2D eigenvalue weighted by atomic mass is 16.6. The van der Waals surface area contributed by atoms with Gasteiger partial charge in [0.05, 0.1) is 0 Å². The van der Waals surface area contributed by atoms with Gasteiger partial charge in [-0.3, -0.25) is 14.4 Å². The zero-order valence-electron chi connectivity index (χ0n) is 43.4. The van der Waals surface area contributed by atoms with Gasteiger partial charge >= 0.3 is 17.9 Å². The van der Waals surface area contributed by atoms with Crippen LogP contribution in [-0.2, 0) is 28.6 Å². The van der Waals surface area contributed by atoms with Gasteiger partial charge in [0.25, 0.3) is 0 Å². The quantitative estimate of drug-likeness (QED) is 0.0262. The van der Waals surface area contributed by atoms with Crippen LogP contribution >= 0.6 is 0 Å². The van der Waals surface area contributed by atoms with Crippen LogP contribution < -0.4 is 0 Å². The maximum Gasteiger partial charge on any atom is 0.306 e. The summed E-state index contributed by atoms with van der Waals surface area (Å²) < 4.78 is 16.8. The minimum absolute atomic E-state index is 0.0946. The summed E-state index contributed by atoms with van der Waals surface area (Å²) in [5.74, 6) is -0.936. The molecule has 0 saturated heterocycles. The van der Waals surface area contributed by atoms with Crippen molar-refractivity contribution in [2.75, 3.05) is 13.2 Å². The molecule has 0 bridgehead atoms. The van der Waals surface area contributed by atoms with Crippen LogP contribution in [0.4, 0.5) is 0 Å². The number of allylic oxidation sites excluding steroid dienone is 18. The third-order valence-electron chi connectivity index (χ3n) is 11.2. The first-order valence-corrected chi connectivity index (χ1v) is 27.4. The Balaban J connectivity index is 4.42. The number of hydrogen-bond donors (Lipinski definition) is 0. The molecular weight excluding hydrogens is 829 g/mol. The minimum atomic E-state index is -0.797. The van der Waals surface area contributed by atoms with Gasteiger partial charge in [-0.1, -0.05) is 214 Å². The van der Waals surface area contributed by atoms with Gasteiger partial charge in [-0.05, 0) is 116 Å². The van der Waals surface area contributed by atoms with Crippen LogP contribution in [0, 0.1) is 0 Å². The van der Waals surface area contributed by atoms with Crippen molar-refractivity contribution < 1.29 is 28.6 Å². The van der Waals surface area contributed by atoms with Gasteiger partial charge in [0.15, 0.2) is 6.10 Å². The summed E-state index contributed by atoms with van der Waals surface area (Å²) in [7, 11) is 0. The minimum Gasteiger partial charge on any atom is -0.462 e. The molecule has 0 fully saturated rings. The number of unbranched alkanes of at least 4 members (excludes halogenated alkanes) is 19. The van der Waals surface area contributed by atoms with Crippen LogP contribution in [-0.4, -0.2) is 37.2 Å². The summed E-state index contributed by atoms with van der Waals surface area (Å²) in [6, 6.07) is 0. The molecule has 67 heavy (non-hydrogen) atoms. The van der Waals surface area contributed by atoms with Gasteiger partial charge in [0.2, 0.25) is 0 Å². The molecule has 1 unspecified atom stereocenters. The number of ether oxygens (including phenoxy) is 3. The van der Waals surface area contributed by atoms with Gasteiger partial charge in [-0.2, -0.15) is 0 Å². The lowest BCUT2D eigenvalue weighted by Crippen LogP contribution is -2.30. The van der Waals surface area contributed by atoms with E-state index in [1.807, 2.05) is 0 Å². The standard InChI is InChI=1S/C61H100O6/c1-4-7-10-13-16-19-22-24-26-28-29-30-31-33-34-36-39-42-45-48-51-54-60(63)66-57-58(56-65-59(62)53-50-47-44-41-38-21-18-15-12-9-6-3)67-61(64)55-52-49-46-43-40-37-35-32-27-25-23-20-17-14-11-8-5-2/h7-8,10-11,15-20,24-27,29-30,33-34,58H,4-6,9,12-14,21-23,28,31-32,35-57H2,1-3H3/b10-7-,11-8-,18-15-,19-16-,20-17-,26-24-,27-25-,30-29-,34-33-. The van der Waals surface area contributed by atoms with Crippen LogP contribution in [0.5, 0.6) is 0 Å². The molecule has 0 aliphatic rings. The summed E-state index contributed by atoms with van der Waals surface area (Å²) in [6.45, 7) is 6.34. The predicted molar refractivity (Wildman–Crippen MR) is 288 cm³/mol. The molecule has 0 aliphatic heterocycles. The van der Waals surface area contributed by atoms with E-state index in [1.165, 1.54) is 51.4 Å². The zero-order valence-corrected chi connectivity index (χ0v) is 43.4. The highest BCUT2D eigenvalue weighted by Gasteiger charge is 2.19. The van der Waals surface area contributed by atoms with Gasteiger partial charge in [0.1, 0.15) is 13.2 Å². The summed E-state index contributed by atoms with van der Waals surface area (Å²) in [5, 5.41) is 0. The molecule has 0 amide bonds. The lowest BCUT2D eigenvalue weighted by atomic mass is 10.1. The van der Waals surface area contributed by atoms with E-state index in [0.717, 1.165) is 148 Å². The second-order valence-electron chi connectivity index (χ2n) is 17.7. The normalized spacial score (nSPS) is 12.9. The van der Waals surface area contributed by atoms with Crippen molar-refractivity contribution in [2.24, 2.45) is 0 Å². The Kier molecular flexibility index (Phi) is 51.5. The van der Waals surface area contributed by atoms with E-state index in [1.54, 1.807) is 0 Å². The van der Waals surface area contributed by atoms with E-state index in [-0.39, 0.29) is 31.1 Å². The Hall–Kier alpha value is -3.93. The second kappa shape index (κ2) is 54.7. The fraction of sp³-hybridized carbons (Fsp3) is 0.656. The zero-order chi connectivity index (χ0) is 48.6. The number of esters is 3. The predicted octanol–water partition coefficient (Wildman–Crippen LogP) is 18.3. The second-order valence-corrected chi connectivity index (χ2v) is 17.7. The van der Waals surface area contributed by atoms with Crippen molar-refractivity contribution in [2.45, 2.75) is 245 Å². The van der Waals surface area contributed by atoms with Crippen molar-refractivity contribution in [1.29, 1.82) is 0 Å². The van der Waals surface area contributed by atoms with Crippen LogP contribution in [0.25, 0.3) is 0 Å². The number of rotatable bonds is 48. The molecule has 0 aromatic rings. The maximum absolute atomic E-state index is 12.8. The molecule has 6 nitrogen and oxygen atoms in total. The molecule has 0 aliphatic carbocycles. The molecule has 0 N–H and O–H groups in total. The van der Waals surface area contributed by atoms with Gasteiger partial charge in [-0.15, -0.1) is 0 Å². The van der Waals surface area contributed by atoms with Crippen molar-refractivity contribution in [3.05, 3.63) is 109 Å². The highest BCUT2D eigenvalue weighted by Crippen LogP contribution is 2.14. The lowest BCUT2D eigenvalue weighted by Gasteiger charge is -2.18. The van der Waals surface area contributed by atoms with E-state index in [9.17, 15) is 14.4 Å². The van der Waals surface area contributed by atoms with Crippen molar-refractivity contribution in [1.82, 2.24) is 0 Å². The SMILES string of the molecule is CC/C=C\C/C=C\C/C=C\C/C=C\C/C=C\CCCCCCCC(=O)OCC(COC(=O)CCCCCCC/C=C\CCCC)OC(=O)CCCCCCCCC/C=C\C/C=C\C/C=C\CC. The number of hydrogen-bond acceptors (Lipinski definition) is 6. The third-order valence-corrected chi connectivity index (χ3v) is 11.2. The summed E-state index contributed by atoms with van der Waals surface area (Å²) in [6.07, 6.45) is 73.6. The number of carbonyl (C=O) groups is 3. The molecular formula is C61H100O6. The summed E-state index contributed by atoms with van der Waals surface area (Å²) >= 11 is 0. The average molecular weight is 929 g/mol. The smallest absolute Gasteiger partial charge is 0.306 e. The molecule has 0 spiro atoms. The van der Waals surface area contributed by atoms with Crippen LogP contribution in [0.1, 0.15) is 239 Å². The van der Waals surface area contributed by atoms with Crippen molar-refractivity contribution in [3.63, 3.8) is 0 Å².